The van der Waals surface area contributed by atoms with Gasteiger partial charge in [-0.25, -0.2) is 0 Å². The SMILES string of the molecule is COC1=CC(C(C)O)=C([N+](=O)[O-])CC1OC. The molecule has 6 nitrogen and oxygen atoms in total. The highest BCUT2D eigenvalue weighted by atomic mass is 16.6. The fourth-order valence-corrected chi connectivity index (χ4v) is 1.66. The van der Waals surface area contributed by atoms with E-state index in [2.05, 4.69) is 0 Å². The van der Waals surface area contributed by atoms with Crippen LogP contribution in [0.1, 0.15) is 13.3 Å². The number of nitro groups is 1. The van der Waals surface area contributed by atoms with Crippen molar-refractivity contribution in [2.24, 2.45) is 0 Å². The molecule has 0 bridgehead atoms. The topological polar surface area (TPSA) is 81.8 Å². The normalized spacial score (nSPS) is 22.8. The predicted octanol–water partition coefficient (Wildman–Crippen LogP) is 0.847. The first-order chi connectivity index (χ1) is 7.51. The summed E-state index contributed by atoms with van der Waals surface area (Å²) in [5, 5.41) is 20.3. The molecule has 0 aromatic heterocycles. The van der Waals surface area contributed by atoms with Crippen LogP contribution in [0.4, 0.5) is 0 Å². The van der Waals surface area contributed by atoms with Gasteiger partial charge in [0.1, 0.15) is 11.9 Å². The monoisotopic (exact) mass is 229 g/mol. The number of rotatable bonds is 4. The zero-order valence-electron chi connectivity index (χ0n) is 9.47. The van der Waals surface area contributed by atoms with Crippen molar-refractivity contribution < 1.29 is 19.5 Å². The summed E-state index contributed by atoms with van der Waals surface area (Å²) < 4.78 is 10.2. The average molecular weight is 229 g/mol. The number of nitrogens with zero attached hydrogens (tertiary/aromatic N) is 1. The van der Waals surface area contributed by atoms with Crippen LogP contribution in [0, 0.1) is 10.1 Å². The Bertz CT molecular complexity index is 345. The van der Waals surface area contributed by atoms with Gasteiger partial charge in [-0.2, -0.15) is 0 Å². The Balaban J connectivity index is 3.16. The van der Waals surface area contributed by atoms with Crippen LogP contribution in [0.15, 0.2) is 23.1 Å². The third kappa shape index (κ3) is 2.40. The molecular formula is C10H15NO5. The summed E-state index contributed by atoms with van der Waals surface area (Å²) in [6.07, 6.45) is 0.209. The number of ether oxygens (including phenoxy) is 2. The van der Waals surface area contributed by atoms with E-state index in [4.69, 9.17) is 9.47 Å². The number of methoxy groups -OCH3 is 2. The largest absolute Gasteiger partial charge is 0.498 e. The number of aliphatic hydroxyl groups is 1. The van der Waals surface area contributed by atoms with E-state index in [-0.39, 0.29) is 17.7 Å². The third-order valence-electron chi connectivity index (χ3n) is 2.52. The van der Waals surface area contributed by atoms with Gasteiger partial charge < -0.3 is 14.6 Å². The zero-order chi connectivity index (χ0) is 12.3. The van der Waals surface area contributed by atoms with Crippen molar-refractivity contribution >= 4 is 0 Å². The molecular weight excluding hydrogens is 214 g/mol. The van der Waals surface area contributed by atoms with Gasteiger partial charge >= 0.3 is 0 Å². The molecule has 1 rings (SSSR count). The molecule has 1 aliphatic rings. The molecule has 2 atom stereocenters. The fraction of sp³-hybridized carbons (Fsp3) is 0.600. The van der Waals surface area contributed by atoms with Crippen LogP contribution in [0.25, 0.3) is 0 Å². The van der Waals surface area contributed by atoms with Gasteiger partial charge in [0.05, 0.1) is 30.1 Å². The second kappa shape index (κ2) is 5.09. The van der Waals surface area contributed by atoms with Crippen LogP contribution < -0.4 is 0 Å². The third-order valence-corrected chi connectivity index (χ3v) is 2.52. The van der Waals surface area contributed by atoms with Crippen molar-refractivity contribution in [2.75, 3.05) is 14.2 Å². The van der Waals surface area contributed by atoms with E-state index in [0.29, 0.717) is 5.76 Å². The molecule has 0 spiro atoms. The molecule has 0 saturated heterocycles. The van der Waals surface area contributed by atoms with E-state index in [9.17, 15) is 15.2 Å². The van der Waals surface area contributed by atoms with Crippen molar-refractivity contribution in [3.05, 3.63) is 33.2 Å². The zero-order valence-corrected chi connectivity index (χ0v) is 9.47. The number of aliphatic hydroxyl groups excluding tert-OH is 1. The summed E-state index contributed by atoms with van der Waals surface area (Å²) in [4.78, 5) is 10.3. The lowest BCUT2D eigenvalue weighted by Crippen LogP contribution is -2.26. The lowest BCUT2D eigenvalue weighted by Gasteiger charge is -2.22. The maximum atomic E-state index is 10.8. The highest BCUT2D eigenvalue weighted by Crippen LogP contribution is 2.28. The predicted molar refractivity (Wildman–Crippen MR) is 56.2 cm³/mol. The molecule has 0 heterocycles. The Kier molecular flexibility index (Phi) is 4.03. The van der Waals surface area contributed by atoms with Crippen molar-refractivity contribution in [3.8, 4) is 0 Å². The summed E-state index contributed by atoms with van der Waals surface area (Å²) in [7, 11) is 2.93. The molecule has 1 N–H and O–H groups in total. The molecule has 0 aliphatic heterocycles. The van der Waals surface area contributed by atoms with Gasteiger partial charge in [-0.1, -0.05) is 0 Å². The van der Waals surface area contributed by atoms with Crippen LogP contribution in [-0.4, -0.2) is 36.5 Å². The van der Waals surface area contributed by atoms with Crippen molar-refractivity contribution in [1.29, 1.82) is 0 Å². The standard InChI is InChI=1S/C10H15NO5/c1-6(12)7-4-9(15-2)10(16-3)5-8(7)11(13)14/h4,6,10,12H,5H2,1-3H3. The van der Waals surface area contributed by atoms with Crippen molar-refractivity contribution in [1.82, 2.24) is 0 Å². The van der Waals surface area contributed by atoms with Crippen molar-refractivity contribution in [2.45, 2.75) is 25.6 Å². The Morgan fingerprint density at radius 1 is 1.62 bits per heavy atom. The lowest BCUT2D eigenvalue weighted by atomic mass is 9.96. The van der Waals surface area contributed by atoms with Crippen LogP contribution in [0.5, 0.6) is 0 Å². The maximum absolute atomic E-state index is 10.8. The van der Waals surface area contributed by atoms with Gasteiger partial charge in [-0.15, -0.1) is 0 Å². The Labute approximate surface area is 93.3 Å². The Morgan fingerprint density at radius 2 is 2.25 bits per heavy atom. The van der Waals surface area contributed by atoms with E-state index < -0.39 is 17.1 Å². The molecule has 0 aromatic carbocycles. The van der Waals surface area contributed by atoms with E-state index in [1.165, 1.54) is 27.2 Å². The molecule has 0 radical (unpaired) electrons. The Hall–Kier alpha value is -1.40. The quantitative estimate of drug-likeness (QED) is 0.570. The minimum atomic E-state index is -0.900. The smallest absolute Gasteiger partial charge is 0.255 e. The molecule has 0 aromatic rings. The molecule has 90 valence electrons. The minimum absolute atomic E-state index is 0.0253. The van der Waals surface area contributed by atoms with Crippen LogP contribution in [-0.2, 0) is 9.47 Å². The van der Waals surface area contributed by atoms with E-state index >= 15 is 0 Å². The van der Waals surface area contributed by atoms with Crippen molar-refractivity contribution in [3.63, 3.8) is 0 Å². The summed E-state index contributed by atoms with van der Waals surface area (Å²) in [5.41, 5.74) is 0.248. The fourth-order valence-electron chi connectivity index (χ4n) is 1.66. The van der Waals surface area contributed by atoms with Gasteiger partial charge in [-0.05, 0) is 13.0 Å². The average Bonchev–Trinajstić information content (AvgIpc) is 2.26. The summed E-state index contributed by atoms with van der Waals surface area (Å²) >= 11 is 0. The molecule has 0 amide bonds. The molecule has 0 saturated carbocycles. The van der Waals surface area contributed by atoms with Crippen LogP contribution in [0.2, 0.25) is 0 Å². The summed E-state index contributed by atoms with van der Waals surface area (Å²) in [6, 6.07) is 0. The van der Waals surface area contributed by atoms with Gasteiger partial charge in [0.25, 0.3) is 5.70 Å². The highest BCUT2D eigenvalue weighted by Gasteiger charge is 2.32. The second-order valence-corrected chi connectivity index (χ2v) is 3.51. The Morgan fingerprint density at radius 3 is 2.62 bits per heavy atom. The summed E-state index contributed by atoms with van der Waals surface area (Å²) in [6.45, 7) is 1.48. The van der Waals surface area contributed by atoms with E-state index in [0.717, 1.165) is 0 Å². The highest BCUT2D eigenvalue weighted by molar-refractivity contribution is 5.33. The number of hydrogen-bond donors (Lipinski definition) is 1. The first-order valence-electron chi connectivity index (χ1n) is 4.85. The second-order valence-electron chi connectivity index (χ2n) is 3.51. The van der Waals surface area contributed by atoms with Crippen LogP contribution in [0.3, 0.4) is 0 Å². The molecule has 1 aliphatic carbocycles. The minimum Gasteiger partial charge on any atom is -0.498 e. The van der Waals surface area contributed by atoms with Gasteiger partial charge in [0, 0.05) is 7.11 Å². The van der Waals surface area contributed by atoms with Gasteiger partial charge in [-0.3, -0.25) is 10.1 Å². The molecule has 2 unspecified atom stereocenters. The van der Waals surface area contributed by atoms with Gasteiger partial charge in [0.15, 0.2) is 0 Å². The van der Waals surface area contributed by atoms with E-state index in [1.807, 2.05) is 0 Å². The first-order valence-corrected chi connectivity index (χ1v) is 4.85. The number of hydrogen-bond acceptors (Lipinski definition) is 5. The first kappa shape index (κ1) is 12.7. The summed E-state index contributed by atoms with van der Waals surface area (Å²) in [5.74, 6) is 0.490. The van der Waals surface area contributed by atoms with Crippen LogP contribution >= 0.6 is 0 Å². The van der Waals surface area contributed by atoms with Gasteiger partial charge in [0.2, 0.25) is 0 Å². The molecule has 0 fully saturated rings. The molecule has 16 heavy (non-hydrogen) atoms. The lowest BCUT2D eigenvalue weighted by molar-refractivity contribution is -0.431. The maximum Gasteiger partial charge on any atom is 0.255 e. The van der Waals surface area contributed by atoms with E-state index in [1.54, 1.807) is 0 Å². The molecule has 6 heteroatoms.